The Bertz CT molecular complexity index is 4460. The molecule has 2 unspecified atom stereocenters. The monoisotopic (exact) mass is 1740 g/mol. The third kappa shape index (κ3) is 30.6. The lowest BCUT2D eigenvalue weighted by molar-refractivity contribution is -0.138. The highest BCUT2D eigenvalue weighted by molar-refractivity contribution is 6.42. The molecule has 122 heavy (non-hydrogen) atoms. The highest BCUT2D eigenvalue weighted by Crippen LogP contribution is 2.35. The van der Waals surface area contributed by atoms with Crippen molar-refractivity contribution in [3.8, 4) is 0 Å². The Kier molecular flexibility index (Phi) is 38.5. The van der Waals surface area contributed by atoms with Gasteiger partial charge in [0.25, 0.3) is 0 Å². The number of hydrogen-bond donors (Lipinski definition) is 4. The Hall–Kier alpha value is -9.31. The maximum absolute atomic E-state index is 14.4. The molecule has 4 fully saturated rings. The molecule has 12 rings (SSSR count). The second kappa shape index (κ2) is 48.7. The quantitative estimate of drug-likeness (QED) is 0.0213. The number of urea groups is 4. The average Bonchev–Trinajstić information content (AvgIpc) is 0.855. The Labute approximate surface area is 723 Å². The summed E-state index contributed by atoms with van der Waals surface area (Å²) >= 11 is 11.9. The van der Waals surface area contributed by atoms with E-state index in [1.807, 2.05) is 101 Å². The number of furan rings is 1. The molecule has 0 bridgehead atoms. The summed E-state index contributed by atoms with van der Waals surface area (Å²) in [4.78, 5) is 69.4. The minimum atomic E-state index is -4.46. The number of nitrogens with zero attached hydrogens (tertiary/aromatic N) is 8. The van der Waals surface area contributed by atoms with Gasteiger partial charge in [-0.1, -0.05) is 180 Å². The van der Waals surface area contributed by atoms with E-state index in [0.29, 0.717) is 37.5 Å². The first kappa shape index (κ1) is 96.5. The van der Waals surface area contributed by atoms with Gasteiger partial charge in [-0.2, -0.15) is 26.3 Å². The SMILES string of the molecule is CCCC(C)N1CCC(N(Cc2ccccc2)C(=O)Nc2cc(Cl)c(Cl)cc2F)CC1.CCCC(C)N1CCC(N(Cc2ccccc2)C(=O)Nc2ccc(F)c(F)c2)CC1.CCCCCN1CCC(N(Cc2ccccc2)C(=O)Nc2cccc(C(F)(F)F)c2)CC1.CCCN1CCC(N(Cc2ccco2)C(=O)Nc2cccc(C(F)(F)F)c2)CC1. The van der Waals surface area contributed by atoms with Crippen molar-refractivity contribution in [2.45, 2.75) is 219 Å². The smallest absolute Gasteiger partial charge is 0.416 e. The predicted molar refractivity (Wildman–Crippen MR) is 469 cm³/mol. The average molecular weight is 1740 g/mol. The number of rotatable bonds is 28. The fourth-order valence-electron chi connectivity index (χ4n) is 16.2. The van der Waals surface area contributed by atoms with Gasteiger partial charge < -0.3 is 64.9 Å². The molecule has 0 saturated carbocycles. The van der Waals surface area contributed by atoms with Gasteiger partial charge >= 0.3 is 36.5 Å². The van der Waals surface area contributed by atoms with Crippen LogP contribution in [0.25, 0.3) is 0 Å². The standard InChI is InChI=1S/C25H32F3N3O.C24H30Cl2FN3O.C24H31F2N3O.C21H26F3N3O2/c1-2-3-7-15-30-16-13-23(14-17-30)31(19-20-9-5-4-6-10-20)24(32)29-22-12-8-11-21(18-22)25(26,27)28;1-3-7-17(2)29-12-10-19(11-13-29)30(16-18-8-5-4-6-9-18)24(31)28-23-15-21(26)20(25)14-22(23)27;1-3-7-18(2)28-14-12-21(13-15-28)29(17-19-8-5-4-6-9-19)24(30)27-20-10-11-22(25)23(26)16-20;1-2-10-26-11-8-18(9-12-26)27(15-19-7-4-13-29-19)20(28)25-17-6-3-5-16(14-17)21(22,23)24/h4-6,8-12,18,23H,2-3,7,13-17,19H2,1H3,(H,29,32);4-6,8-9,14-15,17,19H,3,7,10-13,16H2,1-2H3,(H,28,31);4-6,8-11,16,18,21H,3,7,12-15,17H2,1-2H3,(H,27,30);3-7,13-14,18H,2,8-12,15H2,1H3,(H,25,28). The fraction of sp³-hybridized carbons (Fsp3) is 0.468. The lowest BCUT2D eigenvalue weighted by Gasteiger charge is -2.40. The number of carbonyl (C=O) groups is 4. The van der Waals surface area contributed by atoms with Crippen molar-refractivity contribution in [2.24, 2.45) is 0 Å². The van der Waals surface area contributed by atoms with Crippen molar-refractivity contribution in [1.82, 2.24) is 39.2 Å². The van der Waals surface area contributed by atoms with Crippen molar-refractivity contribution in [3.05, 3.63) is 249 Å². The Morgan fingerprint density at radius 3 is 1.16 bits per heavy atom. The van der Waals surface area contributed by atoms with Crippen LogP contribution in [-0.2, 0) is 38.5 Å². The molecule has 4 aliphatic rings. The predicted octanol–water partition coefficient (Wildman–Crippen LogP) is 24.1. The molecule has 4 aliphatic heterocycles. The zero-order chi connectivity index (χ0) is 87.7. The summed E-state index contributed by atoms with van der Waals surface area (Å²) in [5.41, 5.74) is 2.08. The third-order valence-corrected chi connectivity index (χ3v) is 23.7. The number of unbranched alkanes of at least 4 members (excludes halogenated alkanes) is 2. The molecule has 5 heterocycles. The number of piperidine rings is 4. The number of benzene rings is 7. The molecule has 662 valence electrons. The van der Waals surface area contributed by atoms with E-state index in [4.69, 9.17) is 27.6 Å². The van der Waals surface area contributed by atoms with Crippen molar-refractivity contribution in [3.63, 3.8) is 0 Å². The third-order valence-electron chi connectivity index (χ3n) is 23.0. The maximum Gasteiger partial charge on any atom is 0.416 e. The normalized spacial score (nSPS) is 16.0. The number of nitrogens with one attached hydrogen (secondary N) is 4. The molecule has 4 saturated heterocycles. The second-order valence-electron chi connectivity index (χ2n) is 32.0. The summed E-state index contributed by atoms with van der Waals surface area (Å²) in [7, 11) is 0. The highest BCUT2D eigenvalue weighted by Gasteiger charge is 2.37. The number of anilines is 4. The zero-order valence-electron chi connectivity index (χ0n) is 70.9. The first-order chi connectivity index (χ1) is 58.6. The van der Waals surface area contributed by atoms with Crippen LogP contribution in [0, 0.1) is 17.5 Å². The zero-order valence-corrected chi connectivity index (χ0v) is 72.4. The van der Waals surface area contributed by atoms with Crippen molar-refractivity contribution < 1.29 is 63.1 Å². The summed E-state index contributed by atoms with van der Waals surface area (Å²) in [6.07, 6.45) is 8.91. The molecule has 0 radical (unpaired) electrons. The number of likely N-dealkylation sites (tertiary alicyclic amines) is 4. The lowest BCUT2D eigenvalue weighted by Crippen LogP contribution is -2.50. The molecule has 7 aromatic carbocycles. The topological polar surface area (TPSA) is 155 Å². The molecule has 8 amide bonds. The Morgan fingerprint density at radius 1 is 0.402 bits per heavy atom. The van der Waals surface area contributed by atoms with Gasteiger partial charge in [-0.05, 0) is 193 Å². The molecule has 1 aromatic heterocycles. The summed E-state index contributed by atoms with van der Waals surface area (Å²) in [6, 6.07) is 48.2. The van der Waals surface area contributed by atoms with E-state index in [-0.39, 0.29) is 81.6 Å². The minimum Gasteiger partial charge on any atom is -0.467 e. The van der Waals surface area contributed by atoms with E-state index in [9.17, 15) is 58.7 Å². The van der Waals surface area contributed by atoms with Crippen LogP contribution in [0.3, 0.4) is 0 Å². The van der Waals surface area contributed by atoms with Gasteiger partial charge in [0.1, 0.15) is 11.6 Å². The van der Waals surface area contributed by atoms with E-state index < -0.39 is 47.0 Å². The Morgan fingerprint density at radius 2 is 0.787 bits per heavy atom. The number of alkyl halides is 6. The second-order valence-corrected chi connectivity index (χ2v) is 32.8. The van der Waals surface area contributed by atoms with Crippen LogP contribution in [0.1, 0.15) is 178 Å². The lowest BCUT2D eigenvalue weighted by atomic mass is 10.00. The summed E-state index contributed by atoms with van der Waals surface area (Å²) in [5.74, 6) is -1.87. The van der Waals surface area contributed by atoms with Crippen molar-refractivity contribution >= 4 is 70.1 Å². The molecule has 0 aliphatic carbocycles. The fourth-order valence-corrected chi connectivity index (χ4v) is 16.5. The van der Waals surface area contributed by atoms with Gasteiger partial charge in [0.15, 0.2) is 11.6 Å². The van der Waals surface area contributed by atoms with Crippen LogP contribution >= 0.6 is 23.2 Å². The number of hydrogen-bond acceptors (Lipinski definition) is 9. The number of amides is 8. The maximum atomic E-state index is 14.4. The van der Waals surface area contributed by atoms with E-state index >= 15 is 0 Å². The van der Waals surface area contributed by atoms with Gasteiger partial charge in [-0.25, -0.2) is 32.3 Å². The number of carbonyl (C=O) groups excluding carboxylic acids is 4. The molecule has 2 atom stereocenters. The molecule has 17 nitrogen and oxygen atoms in total. The minimum absolute atomic E-state index is 0.000921. The molecule has 4 N–H and O–H groups in total. The van der Waals surface area contributed by atoms with Crippen LogP contribution < -0.4 is 21.3 Å². The first-order valence-corrected chi connectivity index (χ1v) is 43.7. The molecule has 0 spiro atoms. The van der Waals surface area contributed by atoms with Crippen LogP contribution in [-0.4, -0.2) is 165 Å². The van der Waals surface area contributed by atoms with E-state index in [0.717, 1.165) is 189 Å². The molecular weight excluding hydrogens is 1620 g/mol. The van der Waals surface area contributed by atoms with E-state index in [1.54, 1.807) is 28.2 Å². The van der Waals surface area contributed by atoms with Crippen molar-refractivity contribution in [1.29, 1.82) is 0 Å². The highest BCUT2D eigenvalue weighted by atomic mass is 35.5. The molecule has 8 aromatic rings. The van der Waals surface area contributed by atoms with Crippen LogP contribution in [0.15, 0.2) is 193 Å². The summed E-state index contributed by atoms with van der Waals surface area (Å²) < 4.78 is 125. The van der Waals surface area contributed by atoms with Crippen LogP contribution in [0.2, 0.25) is 10.0 Å². The first-order valence-electron chi connectivity index (χ1n) is 42.9. The van der Waals surface area contributed by atoms with Gasteiger partial charge in [-0.15, -0.1) is 0 Å². The van der Waals surface area contributed by atoms with Crippen molar-refractivity contribution in [2.75, 3.05) is 86.7 Å². The van der Waals surface area contributed by atoms with Gasteiger partial charge in [0, 0.05) is 131 Å². The summed E-state index contributed by atoms with van der Waals surface area (Å²) in [6.45, 7) is 24.5. The van der Waals surface area contributed by atoms with Gasteiger partial charge in [0.05, 0.1) is 39.7 Å². The van der Waals surface area contributed by atoms with E-state index in [1.165, 1.54) is 74.9 Å². The van der Waals surface area contributed by atoms with Crippen LogP contribution in [0.4, 0.5) is 81.4 Å². The van der Waals surface area contributed by atoms with Gasteiger partial charge in [0.2, 0.25) is 0 Å². The van der Waals surface area contributed by atoms with Crippen LogP contribution in [0.5, 0.6) is 0 Å². The van der Waals surface area contributed by atoms with Gasteiger partial charge in [-0.3, -0.25) is 0 Å². The number of halogens is 11. The largest absolute Gasteiger partial charge is 0.467 e. The Balaban J connectivity index is 0.000000185. The van der Waals surface area contributed by atoms with E-state index in [2.05, 4.69) is 82.4 Å². The molecule has 28 heteroatoms. The summed E-state index contributed by atoms with van der Waals surface area (Å²) in [5, 5.41) is 11.1. The molecular formula is C94H119Cl2F9N12O5.